The number of benzene rings is 3. The van der Waals surface area contributed by atoms with Gasteiger partial charge >= 0.3 is 0 Å². The first-order valence-corrected chi connectivity index (χ1v) is 9.71. The molecular formula is C25H22N2O4. The third kappa shape index (κ3) is 3.88. The van der Waals surface area contributed by atoms with E-state index in [1.165, 1.54) is 21.3 Å². The Morgan fingerprint density at radius 2 is 1.32 bits per heavy atom. The molecule has 31 heavy (non-hydrogen) atoms. The lowest BCUT2D eigenvalue weighted by atomic mass is 10.1. The number of aromatic amines is 1. The minimum atomic E-state index is -0.279. The topological polar surface area (TPSA) is 73.4 Å². The summed E-state index contributed by atoms with van der Waals surface area (Å²) in [5.74, 6) is 1.19. The summed E-state index contributed by atoms with van der Waals surface area (Å²) in [5, 5.41) is 0. The van der Waals surface area contributed by atoms with E-state index in [0.29, 0.717) is 28.5 Å². The van der Waals surface area contributed by atoms with Gasteiger partial charge in [-0.15, -0.1) is 0 Å². The Morgan fingerprint density at radius 3 is 1.84 bits per heavy atom. The van der Waals surface area contributed by atoms with E-state index in [2.05, 4.69) is 9.97 Å². The predicted molar refractivity (Wildman–Crippen MR) is 119 cm³/mol. The molecule has 0 fully saturated rings. The molecule has 0 aliphatic heterocycles. The van der Waals surface area contributed by atoms with E-state index in [9.17, 15) is 4.79 Å². The molecule has 0 unspecified atom stereocenters. The number of nitrogens with zero attached hydrogens (tertiary/aromatic N) is 1. The van der Waals surface area contributed by atoms with E-state index in [0.717, 1.165) is 16.8 Å². The van der Waals surface area contributed by atoms with Gasteiger partial charge in [0.25, 0.3) is 0 Å². The van der Waals surface area contributed by atoms with Crippen molar-refractivity contribution in [3.05, 3.63) is 84.2 Å². The number of imidazole rings is 1. The van der Waals surface area contributed by atoms with Crippen LogP contribution < -0.4 is 14.2 Å². The second-order valence-electron chi connectivity index (χ2n) is 6.78. The molecule has 0 atom stereocenters. The van der Waals surface area contributed by atoms with Gasteiger partial charge in [0.1, 0.15) is 0 Å². The van der Waals surface area contributed by atoms with Gasteiger partial charge < -0.3 is 19.2 Å². The van der Waals surface area contributed by atoms with Crippen molar-refractivity contribution >= 4 is 5.78 Å². The van der Waals surface area contributed by atoms with E-state index in [1.54, 1.807) is 12.1 Å². The average Bonchev–Trinajstić information content (AvgIpc) is 3.29. The summed E-state index contributed by atoms with van der Waals surface area (Å²) >= 11 is 0. The molecule has 3 aromatic carbocycles. The van der Waals surface area contributed by atoms with Crippen molar-refractivity contribution < 1.29 is 19.0 Å². The summed E-state index contributed by atoms with van der Waals surface area (Å²) in [6, 6.07) is 22.8. The second-order valence-corrected chi connectivity index (χ2v) is 6.78. The Bertz CT molecular complexity index is 1120. The van der Waals surface area contributed by atoms with Crippen LogP contribution in [0.15, 0.2) is 72.8 Å². The van der Waals surface area contributed by atoms with E-state index >= 15 is 0 Å². The van der Waals surface area contributed by atoms with Crippen LogP contribution in [-0.4, -0.2) is 37.1 Å². The van der Waals surface area contributed by atoms with E-state index < -0.39 is 0 Å². The van der Waals surface area contributed by atoms with Crippen molar-refractivity contribution in [2.75, 3.05) is 21.3 Å². The van der Waals surface area contributed by atoms with E-state index in [1.807, 2.05) is 60.7 Å². The maximum Gasteiger partial charge on any atom is 0.228 e. The Labute approximate surface area is 180 Å². The molecule has 4 aromatic rings. The van der Waals surface area contributed by atoms with E-state index in [4.69, 9.17) is 14.2 Å². The lowest BCUT2D eigenvalue weighted by Crippen LogP contribution is -2.06. The van der Waals surface area contributed by atoms with Crippen LogP contribution in [0.25, 0.3) is 22.5 Å². The number of nitrogens with one attached hydrogen (secondary N) is 1. The highest BCUT2D eigenvalue weighted by atomic mass is 16.5. The number of carbonyl (C=O) groups is 1. The highest BCUT2D eigenvalue weighted by Gasteiger charge is 2.22. The normalized spacial score (nSPS) is 10.5. The summed E-state index contributed by atoms with van der Waals surface area (Å²) in [5.41, 5.74) is 3.73. The molecule has 1 N–H and O–H groups in total. The van der Waals surface area contributed by atoms with E-state index in [-0.39, 0.29) is 11.6 Å². The summed E-state index contributed by atoms with van der Waals surface area (Å²) in [6.45, 7) is 0. The lowest BCUT2D eigenvalue weighted by Gasteiger charge is -2.13. The summed E-state index contributed by atoms with van der Waals surface area (Å²) < 4.78 is 16.1. The van der Waals surface area contributed by atoms with Gasteiger partial charge in [-0.2, -0.15) is 0 Å². The molecule has 6 nitrogen and oxygen atoms in total. The molecule has 0 amide bonds. The lowest BCUT2D eigenvalue weighted by molar-refractivity contribution is 0.102. The van der Waals surface area contributed by atoms with Crippen molar-refractivity contribution in [1.29, 1.82) is 0 Å². The largest absolute Gasteiger partial charge is 0.493 e. The van der Waals surface area contributed by atoms with Crippen LogP contribution in [0.5, 0.6) is 17.2 Å². The first kappa shape index (κ1) is 20.2. The molecule has 0 aliphatic rings. The molecule has 0 spiro atoms. The number of rotatable bonds is 7. The van der Waals surface area contributed by atoms with Crippen molar-refractivity contribution in [2.24, 2.45) is 0 Å². The molecule has 0 bridgehead atoms. The second kappa shape index (κ2) is 8.75. The molecule has 0 radical (unpaired) electrons. The van der Waals surface area contributed by atoms with Crippen LogP contribution in [0.1, 0.15) is 16.2 Å². The molecule has 0 saturated carbocycles. The quantitative estimate of drug-likeness (QED) is 0.431. The zero-order valence-electron chi connectivity index (χ0n) is 17.5. The fourth-order valence-corrected chi connectivity index (χ4v) is 3.45. The molecule has 1 heterocycles. The molecule has 156 valence electrons. The van der Waals surface area contributed by atoms with Crippen LogP contribution in [-0.2, 0) is 0 Å². The molecular weight excluding hydrogens is 392 g/mol. The van der Waals surface area contributed by atoms with Crippen molar-refractivity contribution in [2.45, 2.75) is 0 Å². The van der Waals surface area contributed by atoms with Crippen molar-refractivity contribution in [3.63, 3.8) is 0 Å². The van der Waals surface area contributed by atoms with Gasteiger partial charge in [-0.25, -0.2) is 4.98 Å². The third-order valence-electron chi connectivity index (χ3n) is 4.96. The standard InChI is InChI=1S/C25H22N2O4/c1-29-19-14-18(15-20(30-2)24(19)31-3)23(28)25-26-21(16-10-6-4-7-11-16)22(27-25)17-12-8-5-9-13-17/h4-15H,1-3H3,(H,26,27). The molecule has 4 rings (SSSR count). The number of methoxy groups -OCH3 is 3. The maximum atomic E-state index is 13.4. The zero-order valence-corrected chi connectivity index (χ0v) is 17.5. The number of ketones is 1. The smallest absolute Gasteiger partial charge is 0.228 e. The first-order chi connectivity index (χ1) is 15.2. The first-order valence-electron chi connectivity index (χ1n) is 9.71. The van der Waals surface area contributed by atoms with Crippen molar-refractivity contribution in [1.82, 2.24) is 9.97 Å². The number of H-pyrrole nitrogens is 1. The number of aromatic nitrogens is 2. The van der Waals surface area contributed by atoms with Gasteiger partial charge in [-0.1, -0.05) is 60.7 Å². The third-order valence-corrected chi connectivity index (χ3v) is 4.96. The monoisotopic (exact) mass is 414 g/mol. The molecule has 0 saturated heterocycles. The van der Waals surface area contributed by atoms with Gasteiger partial charge in [-0.3, -0.25) is 4.79 Å². The van der Waals surface area contributed by atoms with Gasteiger partial charge in [0.05, 0.1) is 32.7 Å². The summed E-state index contributed by atoms with van der Waals surface area (Å²) in [6.07, 6.45) is 0. The average molecular weight is 414 g/mol. The fraction of sp³-hybridized carbons (Fsp3) is 0.120. The minimum absolute atomic E-state index is 0.229. The predicted octanol–water partition coefficient (Wildman–Crippen LogP) is 5.00. The summed E-state index contributed by atoms with van der Waals surface area (Å²) in [4.78, 5) is 21.3. The number of hydrogen-bond acceptors (Lipinski definition) is 5. The molecule has 6 heteroatoms. The summed E-state index contributed by atoms with van der Waals surface area (Å²) in [7, 11) is 4.55. The van der Waals surface area contributed by atoms with Gasteiger partial charge in [0, 0.05) is 16.7 Å². The highest BCUT2D eigenvalue weighted by Crippen LogP contribution is 2.39. The maximum absolute atomic E-state index is 13.4. The zero-order chi connectivity index (χ0) is 21.8. The number of hydrogen-bond donors (Lipinski definition) is 1. The van der Waals surface area contributed by atoms with Crippen molar-refractivity contribution in [3.8, 4) is 39.8 Å². The Balaban J connectivity index is 1.84. The molecule has 1 aromatic heterocycles. The van der Waals surface area contributed by atoms with Gasteiger partial charge in [-0.05, 0) is 12.1 Å². The van der Waals surface area contributed by atoms with Crippen LogP contribution in [0.4, 0.5) is 0 Å². The van der Waals surface area contributed by atoms with Crippen LogP contribution in [0.2, 0.25) is 0 Å². The Morgan fingerprint density at radius 1 is 0.774 bits per heavy atom. The number of carbonyl (C=O) groups excluding carboxylic acids is 1. The van der Waals surface area contributed by atoms with Crippen LogP contribution in [0, 0.1) is 0 Å². The van der Waals surface area contributed by atoms with Crippen LogP contribution >= 0.6 is 0 Å². The fourth-order valence-electron chi connectivity index (χ4n) is 3.45. The number of ether oxygens (including phenoxy) is 3. The van der Waals surface area contributed by atoms with Gasteiger partial charge in [0.15, 0.2) is 17.3 Å². The Kier molecular flexibility index (Phi) is 5.71. The van der Waals surface area contributed by atoms with Gasteiger partial charge in [0.2, 0.25) is 11.5 Å². The van der Waals surface area contributed by atoms with Crippen LogP contribution in [0.3, 0.4) is 0 Å². The Hall–Kier alpha value is -4.06. The SMILES string of the molecule is COc1cc(C(=O)c2nc(-c3ccccc3)c(-c3ccccc3)[nH]2)cc(OC)c1OC. The minimum Gasteiger partial charge on any atom is -0.493 e. The highest BCUT2D eigenvalue weighted by molar-refractivity contribution is 6.08. The molecule has 0 aliphatic carbocycles.